The highest BCUT2D eigenvalue weighted by atomic mass is 16.5. The maximum atomic E-state index is 12.3. The largest absolute Gasteiger partial charge is 0.379 e. The molecule has 0 unspecified atom stereocenters. The highest BCUT2D eigenvalue weighted by Crippen LogP contribution is 2.08. The van der Waals surface area contributed by atoms with E-state index in [1.807, 2.05) is 11.8 Å². The number of hydrogen-bond donors (Lipinski definition) is 0. The Bertz CT molecular complexity index is 492. The van der Waals surface area contributed by atoms with Crippen LogP contribution in [0.4, 0.5) is 0 Å². The molecule has 2 aliphatic rings. The molecule has 1 amide bonds. The lowest BCUT2D eigenvalue weighted by molar-refractivity contribution is -0.135. The monoisotopic (exact) mass is 309 g/mol. The molecular formula is C14H23N5O3. The third-order valence-corrected chi connectivity index (χ3v) is 4.12. The topological polar surface area (TPSA) is 74.9 Å². The molecule has 2 fully saturated rings. The van der Waals surface area contributed by atoms with Crippen LogP contribution < -0.4 is 0 Å². The van der Waals surface area contributed by atoms with Gasteiger partial charge in [-0.15, -0.1) is 0 Å². The maximum absolute atomic E-state index is 12.3. The van der Waals surface area contributed by atoms with Crippen LogP contribution in [0.5, 0.6) is 0 Å². The van der Waals surface area contributed by atoms with Crippen LogP contribution in [-0.4, -0.2) is 89.8 Å². The molecule has 0 radical (unpaired) electrons. The van der Waals surface area contributed by atoms with Gasteiger partial charge in [-0.2, -0.15) is 4.98 Å². The average Bonchev–Trinajstić information content (AvgIpc) is 2.94. The third-order valence-electron chi connectivity index (χ3n) is 4.12. The van der Waals surface area contributed by atoms with E-state index in [0.717, 1.165) is 52.5 Å². The molecule has 2 saturated heterocycles. The smallest absolute Gasteiger partial charge is 0.240 e. The van der Waals surface area contributed by atoms with Crippen LogP contribution in [0.2, 0.25) is 0 Å². The van der Waals surface area contributed by atoms with Gasteiger partial charge in [0, 0.05) is 39.3 Å². The van der Waals surface area contributed by atoms with Crippen LogP contribution in [0.25, 0.3) is 0 Å². The van der Waals surface area contributed by atoms with Gasteiger partial charge in [0.15, 0.2) is 5.82 Å². The Morgan fingerprint density at radius 2 is 1.82 bits per heavy atom. The van der Waals surface area contributed by atoms with Gasteiger partial charge in [0.25, 0.3) is 0 Å². The average molecular weight is 309 g/mol. The minimum Gasteiger partial charge on any atom is -0.379 e. The molecule has 0 aliphatic carbocycles. The second-order valence-electron chi connectivity index (χ2n) is 5.78. The summed E-state index contributed by atoms with van der Waals surface area (Å²) in [5.41, 5.74) is 0. The van der Waals surface area contributed by atoms with Gasteiger partial charge in [-0.3, -0.25) is 14.6 Å². The van der Waals surface area contributed by atoms with E-state index in [9.17, 15) is 4.79 Å². The fraction of sp³-hybridized carbons (Fsp3) is 0.786. The number of nitrogens with zero attached hydrogens (tertiary/aromatic N) is 5. The molecule has 3 rings (SSSR count). The highest BCUT2D eigenvalue weighted by Gasteiger charge is 2.24. The number of aryl methyl sites for hydroxylation is 1. The Morgan fingerprint density at radius 1 is 1.09 bits per heavy atom. The molecule has 0 bridgehead atoms. The number of morpholine rings is 1. The summed E-state index contributed by atoms with van der Waals surface area (Å²) in [7, 11) is 0. The van der Waals surface area contributed by atoms with E-state index in [1.54, 1.807) is 0 Å². The van der Waals surface area contributed by atoms with Crippen molar-refractivity contribution in [3.63, 3.8) is 0 Å². The van der Waals surface area contributed by atoms with Crippen molar-refractivity contribution in [1.29, 1.82) is 0 Å². The van der Waals surface area contributed by atoms with Crippen molar-refractivity contribution in [2.75, 3.05) is 59.0 Å². The number of ether oxygens (including phenoxy) is 1. The van der Waals surface area contributed by atoms with Gasteiger partial charge in [-0.1, -0.05) is 5.16 Å². The zero-order chi connectivity index (χ0) is 15.4. The van der Waals surface area contributed by atoms with Crippen LogP contribution in [0.1, 0.15) is 11.7 Å². The Kier molecular flexibility index (Phi) is 5.01. The summed E-state index contributed by atoms with van der Waals surface area (Å²) < 4.78 is 10.4. The predicted octanol–water partition coefficient (Wildman–Crippen LogP) is -0.646. The zero-order valence-electron chi connectivity index (χ0n) is 13.0. The van der Waals surface area contributed by atoms with Gasteiger partial charge in [0.2, 0.25) is 11.8 Å². The number of piperazine rings is 1. The number of aromatic nitrogens is 2. The first kappa shape index (κ1) is 15.4. The molecule has 22 heavy (non-hydrogen) atoms. The fourth-order valence-corrected chi connectivity index (χ4v) is 2.80. The van der Waals surface area contributed by atoms with Gasteiger partial charge in [-0.25, -0.2) is 0 Å². The number of carbonyl (C=O) groups excluding carboxylic acids is 1. The molecule has 122 valence electrons. The van der Waals surface area contributed by atoms with Crippen molar-refractivity contribution in [2.24, 2.45) is 0 Å². The molecule has 8 nitrogen and oxygen atoms in total. The lowest BCUT2D eigenvalue weighted by atomic mass is 10.3. The van der Waals surface area contributed by atoms with Crippen LogP contribution >= 0.6 is 0 Å². The molecule has 0 N–H and O–H groups in total. The van der Waals surface area contributed by atoms with Crippen molar-refractivity contribution in [2.45, 2.75) is 13.5 Å². The van der Waals surface area contributed by atoms with Gasteiger partial charge < -0.3 is 14.2 Å². The standard InChI is InChI=1S/C14H23N5O3/c1-12-15-13(22-16-12)10-17-2-4-19(5-3-17)14(20)11-18-6-8-21-9-7-18/h2-11H2,1H3. The minimum absolute atomic E-state index is 0.218. The number of amides is 1. The second-order valence-corrected chi connectivity index (χ2v) is 5.78. The Morgan fingerprint density at radius 3 is 2.45 bits per heavy atom. The molecule has 0 saturated carbocycles. The van der Waals surface area contributed by atoms with E-state index in [1.165, 1.54) is 0 Å². The van der Waals surface area contributed by atoms with Gasteiger partial charge in [0.05, 0.1) is 26.3 Å². The SMILES string of the molecule is Cc1noc(CN2CCN(C(=O)CN3CCOCC3)CC2)n1. The Hall–Kier alpha value is -1.51. The first-order chi connectivity index (χ1) is 10.7. The summed E-state index contributed by atoms with van der Waals surface area (Å²) in [4.78, 5) is 22.9. The molecule has 2 aliphatic heterocycles. The normalized spacial score (nSPS) is 21.2. The number of hydrogen-bond acceptors (Lipinski definition) is 7. The Labute approximate surface area is 130 Å². The van der Waals surface area contributed by atoms with Crippen molar-refractivity contribution in [1.82, 2.24) is 24.8 Å². The van der Waals surface area contributed by atoms with E-state index in [-0.39, 0.29) is 5.91 Å². The van der Waals surface area contributed by atoms with Crippen molar-refractivity contribution < 1.29 is 14.1 Å². The zero-order valence-corrected chi connectivity index (χ0v) is 13.0. The van der Waals surface area contributed by atoms with E-state index < -0.39 is 0 Å². The summed E-state index contributed by atoms with van der Waals surface area (Å²) in [5.74, 6) is 1.52. The summed E-state index contributed by atoms with van der Waals surface area (Å²) in [6.07, 6.45) is 0. The molecule has 0 spiro atoms. The van der Waals surface area contributed by atoms with E-state index >= 15 is 0 Å². The second kappa shape index (κ2) is 7.17. The van der Waals surface area contributed by atoms with Crippen molar-refractivity contribution in [3.05, 3.63) is 11.7 Å². The van der Waals surface area contributed by atoms with E-state index in [0.29, 0.717) is 24.8 Å². The highest BCUT2D eigenvalue weighted by molar-refractivity contribution is 5.78. The first-order valence-corrected chi connectivity index (χ1v) is 7.80. The van der Waals surface area contributed by atoms with Crippen molar-refractivity contribution in [3.8, 4) is 0 Å². The van der Waals surface area contributed by atoms with Gasteiger partial charge in [0.1, 0.15) is 0 Å². The van der Waals surface area contributed by atoms with Crippen LogP contribution in [0.3, 0.4) is 0 Å². The van der Waals surface area contributed by atoms with Gasteiger partial charge in [-0.05, 0) is 6.92 Å². The van der Waals surface area contributed by atoms with Crippen LogP contribution in [0, 0.1) is 6.92 Å². The third kappa shape index (κ3) is 4.02. The summed E-state index contributed by atoms with van der Waals surface area (Å²) in [6, 6.07) is 0. The lowest BCUT2D eigenvalue weighted by Crippen LogP contribution is -2.52. The van der Waals surface area contributed by atoms with Crippen molar-refractivity contribution >= 4 is 5.91 Å². The van der Waals surface area contributed by atoms with Gasteiger partial charge >= 0.3 is 0 Å². The van der Waals surface area contributed by atoms with E-state index in [4.69, 9.17) is 9.26 Å². The predicted molar refractivity (Wildman–Crippen MR) is 78.2 cm³/mol. The molecule has 1 aromatic rings. The summed E-state index contributed by atoms with van der Waals surface area (Å²) >= 11 is 0. The Balaban J connectivity index is 1.41. The van der Waals surface area contributed by atoms with Crippen LogP contribution in [0.15, 0.2) is 4.52 Å². The van der Waals surface area contributed by atoms with E-state index in [2.05, 4.69) is 19.9 Å². The minimum atomic E-state index is 0.218. The molecular weight excluding hydrogens is 286 g/mol. The summed E-state index contributed by atoms with van der Waals surface area (Å²) in [5, 5.41) is 3.80. The molecule has 1 aromatic heterocycles. The first-order valence-electron chi connectivity index (χ1n) is 7.80. The molecule has 0 aromatic carbocycles. The number of rotatable bonds is 4. The maximum Gasteiger partial charge on any atom is 0.240 e. The quantitative estimate of drug-likeness (QED) is 0.732. The molecule has 8 heteroatoms. The fourth-order valence-electron chi connectivity index (χ4n) is 2.80. The molecule has 3 heterocycles. The summed E-state index contributed by atoms with van der Waals surface area (Å²) in [6.45, 7) is 9.34. The van der Waals surface area contributed by atoms with Crippen LogP contribution in [-0.2, 0) is 16.1 Å². The number of carbonyl (C=O) groups is 1. The molecule has 0 atom stereocenters. The lowest BCUT2D eigenvalue weighted by Gasteiger charge is -2.35.